The average molecular weight is 546 g/mol. The molecule has 30 heavy (non-hydrogen) atoms. The summed E-state index contributed by atoms with van der Waals surface area (Å²) in [6.45, 7) is 6.31. The maximum atomic E-state index is 5.45. The maximum absolute atomic E-state index is 5.45. The summed E-state index contributed by atoms with van der Waals surface area (Å²) in [6.07, 6.45) is 2.35. The minimum Gasteiger partial charge on any atom is -1.00 e. The number of benzene rings is 3. The third-order valence-electron chi connectivity index (χ3n) is 5.44. The number of fused-ring (bicyclic) bond motifs is 4. The average Bonchev–Trinajstić information content (AvgIpc) is 3.30. The summed E-state index contributed by atoms with van der Waals surface area (Å²) in [6, 6.07) is 19.5. The molecule has 0 atom stereocenters. The van der Waals surface area contributed by atoms with Crippen LogP contribution in [0.25, 0.3) is 27.1 Å². The highest BCUT2D eigenvalue weighted by atomic mass is 127. The van der Waals surface area contributed by atoms with Gasteiger partial charge < -0.3 is 33.6 Å². The Bertz CT molecular complexity index is 1270. The molecule has 1 aliphatic heterocycles. The number of ether oxygens (including phenoxy) is 1. The number of anilines is 1. The van der Waals surface area contributed by atoms with Crippen LogP contribution in [0.4, 0.5) is 5.69 Å². The largest absolute Gasteiger partial charge is 1.00 e. The monoisotopic (exact) mass is 546 g/mol. The lowest BCUT2D eigenvalue weighted by atomic mass is 10.1. The van der Waals surface area contributed by atoms with Gasteiger partial charge in [0.1, 0.15) is 17.0 Å². The van der Waals surface area contributed by atoms with Gasteiger partial charge in [-0.15, -0.1) is 0 Å². The standard InChI is InChI=1S/C24H23N2OS2.HI/c1-4-25-19-12-10-16-8-6-7-9-18(16)24(19)29-23(25)15-22-26(5-2)20-14-17(27-3)11-13-21(20)28-22;/h6-15H,4-5H2,1-3H3;1H/q+1;/p-1. The summed E-state index contributed by atoms with van der Waals surface area (Å²) in [5.74, 6) is 0.904. The highest BCUT2D eigenvalue weighted by Gasteiger charge is 2.27. The van der Waals surface area contributed by atoms with Crippen LogP contribution in [0.5, 0.6) is 5.75 Å². The molecule has 0 N–H and O–H groups in total. The van der Waals surface area contributed by atoms with Gasteiger partial charge in [0.25, 0.3) is 5.01 Å². The second-order valence-electron chi connectivity index (χ2n) is 6.98. The van der Waals surface area contributed by atoms with E-state index in [2.05, 4.69) is 77.9 Å². The number of aromatic nitrogens is 1. The SMILES string of the molecule is CCN1/C(=C\c2sc3c4ccccc4ccc3[n+]2CC)Sc2ccc(OC)cc21.[I-]. The first-order chi connectivity index (χ1) is 14.2. The van der Waals surface area contributed by atoms with Gasteiger partial charge in [0, 0.05) is 29.0 Å². The highest BCUT2D eigenvalue weighted by molar-refractivity contribution is 8.03. The van der Waals surface area contributed by atoms with E-state index in [1.165, 1.54) is 41.6 Å². The van der Waals surface area contributed by atoms with E-state index in [-0.39, 0.29) is 24.0 Å². The maximum Gasteiger partial charge on any atom is 0.265 e. The molecule has 0 radical (unpaired) electrons. The second-order valence-corrected chi connectivity index (χ2v) is 9.07. The Labute approximate surface area is 202 Å². The van der Waals surface area contributed by atoms with Gasteiger partial charge in [-0.25, -0.2) is 0 Å². The zero-order valence-electron chi connectivity index (χ0n) is 17.2. The zero-order valence-corrected chi connectivity index (χ0v) is 21.0. The number of thioether (sulfide) groups is 1. The molecule has 0 saturated heterocycles. The molecule has 1 aliphatic rings. The quantitative estimate of drug-likeness (QED) is 0.289. The van der Waals surface area contributed by atoms with E-state index in [0.717, 1.165) is 18.8 Å². The van der Waals surface area contributed by atoms with Gasteiger partial charge in [-0.1, -0.05) is 47.4 Å². The molecule has 0 unspecified atom stereocenters. The van der Waals surface area contributed by atoms with Crippen molar-refractivity contribution in [2.24, 2.45) is 0 Å². The van der Waals surface area contributed by atoms with Crippen molar-refractivity contribution in [3.8, 4) is 5.75 Å². The lowest BCUT2D eigenvalue weighted by molar-refractivity contribution is -0.665. The van der Waals surface area contributed by atoms with Crippen LogP contribution in [-0.4, -0.2) is 13.7 Å². The Morgan fingerprint density at radius 3 is 2.67 bits per heavy atom. The molecule has 0 saturated carbocycles. The normalized spacial score (nSPS) is 14.4. The molecule has 0 bridgehead atoms. The highest BCUT2D eigenvalue weighted by Crippen LogP contribution is 2.48. The Hall–Kier alpha value is -1.77. The molecule has 3 nitrogen and oxygen atoms in total. The number of halogens is 1. The summed E-state index contributed by atoms with van der Waals surface area (Å²) in [4.78, 5) is 3.67. The molecule has 2 heterocycles. The molecule has 0 aliphatic carbocycles. The van der Waals surface area contributed by atoms with E-state index in [0.29, 0.717) is 0 Å². The van der Waals surface area contributed by atoms with Gasteiger partial charge >= 0.3 is 0 Å². The van der Waals surface area contributed by atoms with Gasteiger partial charge in [-0.05, 0) is 37.4 Å². The van der Waals surface area contributed by atoms with Crippen molar-refractivity contribution in [1.29, 1.82) is 0 Å². The third kappa shape index (κ3) is 3.48. The Balaban J connectivity index is 0.00000218. The van der Waals surface area contributed by atoms with E-state index >= 15 is 0 Å². The first-order valence-electron chi connectivity index (χ1n) is 9.92. The van der Waals surface area contributed by atoms with Crippen molar-refractivity contribution < 1.29 is 33.3 Å². The van der Waals surface area contributed by atoms with Crippen molar-refractivity contribution in [1.82, 2.24) is 0 Å². The number of hydrogen-bond acceptors (Lipinski definition) is 4. The Morgan fingerprint density at radius 2 is 1.90 bits per heavy atom. The van der Waals surface area contributed by atoms with Crippen LogP contribution in [0.1, 0.15) is 18.9 Å². The zero-order chi connectivity index (χ0) is 20.0. The van der Waals surface area contributed by atoms with E-state index in [1.807, 2.05) is 29.2 Å². The summed E-state index contributed by atoms with van der Waals surface area (Å²) in [5, 5.41) is 5.20. The van der Waals surface area contributed by atoms with Crippen LogP contribution in [0, 0.1) is 0 Å². The summed E-state index contributed by atoms with van der Waals surface area (Å²) in [7, 11) is 1.72. The molecule has 0 spiro atoms. The Kier molecular flexibility index (Phi) is 6.27. The fourth-order valence-electron chi connectivity index (χ4n) is 4.01. The van der Waals surface area contributed by atoms with E-state index in [9.17, 15) is 0 Å². The molecule has 6 heteroatoms. The number of methoxy groups -OCH3 is 1. The summed E-state index contributed by atoms with van der Waals surface area (Å²) < 4.78 is 9.24. The number of aryl methyl sites for hydroxylation is 1. The van der Waals surface area contributed by atoms with Crippen molar-refractivity contribution in [3.63, 3.8) is 0 Å². The van der Waals surface area contributed by atoms with Crippen molar-refractivity contribution in [2.45, 2.75) is 25.3 Å². The predicted octanol–water partition coefficient (Wildman–Crippen LogP) is 3.31. The van der Waals surface area contributed by atoms with Gasteiger partial charge in [0.15, 0.2) is 0 Å². The van der Waals surface area contributed by atoms with Gasteiger partial charge in [-0.3, -0.25) is 0 Å². The van der Waals surface area contributed by atoms with Gasteiger partial charge in [0.2, 0.25) is 5.52 Å². The van der Waals surface area contributed by atoms with Crippen molar-refractivity contribution >= 4 is 55.9 Å². The second kappa shape index (κ2) is 8.77. The lowest BCUT2D eigenvalue weighted by Crippen LogP contribution is -3.00. The van der Waals surface area contributed by atoms with Crippen LogP contribution in [0.15, 0.2) is 64.5 Å². The molecule has 3 aromatic carbocycles. The van der Waals surface area contributed by atoms with Crippen LogP contribution >= 0.6 is 23.1 Å². The van der Waals surface area contributed by atoms with Crippen LogP contribution in [0.2, 0.25) is 0 Å². The van der Waals surface area contributed by atoms with E-state index in [1.54, 1.807) is 7.11 Å². The van der Waals surface area contributed by atoms with Crippen LogP contribution in [-0.2, 0) is 6.54 Å². The number of hydrogen-bond donors (Lipinski definition) is 0. The smallest absolute Gasteiger partial charge is 0.265 e. The molecule has 5 rings (SSSR count). The van der Waals surface area contributed by atoms with Crippen LogP contribution < -0.4 is 38.2 Å². The molecule has 1 aromatic heterocycles. The van der Waals surface area contributed by atoms with E-state index < -0.39 is 0 Å². The molecule has 0 amide bonds. The first-order valence-corrected chi connectivity index (χ1v) is 11.6. The van der Waals surface area contributed by atoms with Crippen molar-refractivity contribution in [2.75, 3.05) is 18.6 Å². The topological polar surface area (TPSA) is 16.4 Å². The minimum atomic E-state index is 0. The fraction of sp³-hybridized carbons (Fsp3) is 0.208. The first kappa shape index (κ1) is 21.5. The van der Waals surface area contributed by atoms with Crippen molar-refractivity contribution in [3.05, 3.63) is 64.6 Å². The molecule has 4 aromatic rings. The predicted molar refractivity (Wildman–Crippen MR) is 125 cm³/mol. The number of thiazole rings is 1. The summed E-state index contributed by atoms with van der Waals surface area (Å²) >= 11 is 3.73. The Morgan fingerprint density at radius 1 is 1.07 bits per heavy atom. The van der Waals surface area contributed by atoms with E-state index in [4.69, 9.17) is 4.74 Å². The minimum absolute atomic E-state index is 0. The number of rotatable bonds is 4. The molecular weight excluding hydrogens is 523 g/mol. The lowest BCUT2D eigenvalue weighted by Gasteiger charge is -2.17. The van der Waals surface area contributed by atoms with Gasteiger partial charge in [0.05, 0.1) is 23.9 Å². The molecular formula is C24H23IN2OS2. The molecule has 154 valence electrons. The summed E-state index contributed by atoms with van der Waals surface area (Å²) in [5.41, 5.74) is 2.55. The molecule has 0 fully saturated rings. The number of nitrogens with zero attached hydrogens (tertiary/aromatic N) is 2. The third-order valence-corrected chi connectivity index (χ3v) is 7.73. The van der Waals surface area contributed by atoms with Crippen LogP contribution in [0.3, 0.4) is 0 Å². The fourth-order valence-corrected chi connectivity index (χ4v) is 6.52. The van der Waals surface area contributed by atoms with Gasteiger partial charge in [-0.2, -0.15) is 4.57 Å².